The van der Waals surface area contributed by atoms with Crippen LogP contribution in [0, 0.1) is 6.92 Å². The van der Waals surface area contributed by atoms with Crippen LogP contribution in [-0.2, 0) is 18.3 Å². The van der Waals surface area contributed by atoms with Gasteiger partial charge in [0.2, 0.25) is 0 Å². The highest BCUT2D eigenvalue weighted by molar-refractivity contribution is 14.0. The molecule has 1 fully saturated rings. The molecule has 7 nitrogen and oxygen atoms in total. The standard InChI is InChI=1S/C17H24N6O.HI/c1-13-5-4-6-19-15(13)10-20-17(18-2)23-7-8-24-16(12-23)14-9-21-22(3)11-14;/h4-6,9,11,16H,7-8,10,12H2,1-3H3,(H,18,20);1H. The third-order valence-corrected chi connectivity index (χ3v) is 4.21. The molecule has 1 N–H and O–H groups in total. The van der Waals surface area contributed by atoms with E-state index in [0.29, 0.717) is 13.2 Å². The second-order valence-electron chi connectivity index (χ2n) is 5.92. The number of halogens is 1. The number of rotatable bonds is 3. The molecule has 1 saturated heterocycles. The summed E-state index contributed by atoms with van der Waals surface area (Å²) in [5.41, 5.74) is 3.31. The van der Waals surface area contributed by atoms with E-state index in [9.17, 15) is 0 Å². The van der Waals surface area contributed by atoms with Gasteiger partial charge in [0, 0.05) is 38.6 Å². The summed E-state index contributed by atoms with van der Waals surface area (Å²) in [6.07, 6.45) is 5.70. The number of morpholine rings is 1. The fourth-order valence-electron chi connectivity index (χ4n) is 2.85. The molecule has 0 bridgehead atoms. The Kier molecular flexibility index (Phi) is 7.18. The summed E-state index contributed by atoms with van der Waals surface area (Å²) >= 11 is 0. The van der Waals surface area contributed by atoms with Gasteiger partial charge in [-0.05, 0) is 18.6 Å². The molecule has 2 aromatic heterocycles. The maximum absolute atomic E-state index is 5.89. The Morgan fingerprint density at radius 3 is 3.00 bits per heavy atom. The minimum Gasteiger partial charge on any atom is -0.370 e. The average Bonchev–Trinajstić information content (AvgIpc) is 3.04. The van der Waals surface area contributed by atoms with E-state index in [2.05, 4.69) is 38.3 Å². The summed E-state index contributed by atoms with van der Waals surface area (Å²) < 4.78 is 7.69. The smallest absolute Gasteiger partial charge is 0.194 e. The van der Waals surface area contributed by atoms with Crippen molar-refractivity contribution in [2.75, 3.05) is 26.7 Å². The van der Waals surface area contributed by atoms with Crippen molar-refractivity contribution in [1.82, 2.24) is 25.0 Å². The van der Waals surface area contributed by atoms with Gasteiger partial charge < -0.3 is 15.0 Å². The fourth-order valence-corrected chi connectivity index (χ4v) is 2.85. The molecule has 1 unspecified atom stereocenters. The molecule has 1 atom stereocenters. The van der Waals surface area contributed by atoms with E-state index >= 15 is 0 Å². The Morgan fingerprint density at radius 1 is 1.48 bits per heavy atom. The highest BCUT2D eigenvalue weighted by atomic mass is 127. The van der Waals surface area contributed by atoms with Crippen LogP contribution in [0.1, 0.15) is 22.9 Å². The Bertz CT molecular complexity index is 717. The van der Waals surface area contributed by atoms with Gasteiger partial charge in [0.05, 0.1) is 31.6 Å². The van der Waals surface area contributed by atoms with Crippen molar-refractivity contribution in [2.24, 2.45) is 12.0 Å². The van der Waals surface area contributed by atoms with Crippen LogP contribution in [0.2, 0.25) is 0 Å². The van der Waals surface area contributed by atoms with Gasteiger partial charge in [0.25, 0.3) is 0 Å². The molecule has 3 heterocycles. The number of aliphatic imine (C=N–C) groups is 1. The fraction of sp³-hybridized carbons (Fsp3) is 0.471. The third-order valence-electron chi connectivity index (χ3n) is 4.21. The van der Waals surface area contributed by atoms with E-state index in [1.165, 1.54) is 5.56 Å². The number of aryl methyl sites for hydroxylation is 2. The lowest BCUT2D eigenvalue weighted by molar-refractivity contribution is -0.00805. The van der Waals surface area contributed by atoms with Crippen LogP contribution in [0.15, 0.2) is 35.7 Å². The molecule has 0 saturated carbocycles. The molecule has 3 rings (SSSR count). The first kappa shape index (κ1) is 19.6. The molecule has 25 heavy (non-hydrogen) atoms. The van der Waals surface area contributed by atoms with Gasteiger partial charge in [-0.1, -0.05) is 6.07 Å². The van der Waals surface area contributed by atoms with Gasteiger partial charge in [-0.2, -0.15) is 5.10 Å². The zero-order valence-electron chi connectivity index (χ0n) is 14.8. The first-order chi connectivity index (χ1) is 11.7. The highest BCUT2D eigenvalue weighted by Gasteiger charge is 2.25. The van der Waals surface area contributed by atoms with E-state index in [1.54, 1.807) is 4.68 Å². The number of hydrogen-bond acceptors (Lipinski definition) is 4. The van der Waals surface area contributed by atoms with Gasteiger partial charge in [-0.25, -0.2) is 0 Å². The summed E-state index contributed by atoms with van der Waals surface area (Å²) in [6.45, 7) is 4.97. The van der Waals surface area contributed by atoms with E-state index in [4.69, 9.17) is 4.74 Å². The van der Waals surface area contributed by atoms with E-state index in [1.807, 2.05) is 38.8 Å². The lowest BCUT2D eigenvalue weighted by Crippen LogP contribution is -2.48. The van der Waals surface area contributed by atoms with Crippen LogP contribution < -0.4 is 5.32 Å². The van der Waals surface area contributed by atoms with Crippen LogP contribution >= 0.6 is 24.0 Å². The van der Waals surface area contributed by atoms with Gasteiger partial charge in [0.15, 0.2) is 5.96 Å². The number of pyridine rings is 1. The summed E-state index contributed by atoms with van der Waals surface area (Å²) in [4.78, 5) is 11.1. The van der Waals surface area contributed by atoms with Crippen molar-refractivity contribution < 1.29 is 4.74 Å². The van der Waals surface area contributed by atoms with Crippen LogP contribution in [0.25, 0.3) is 0 Å². The van der Waals surface area contributed by atoms with Crippen molar-refractivity contribution in [1.29, 1.82) is 0 Å². The molecule has 8 heteroatoms. The second-order valence-corrected chi connectivity index (χ2v) is 5.92. The molecule has 1 aliphatic heterocycles. The van der Waals surface area contributed by atoms with Gasteiger partial charge in [-0.15, -0.1) is 24.0 Å². The molecule has 136 valence electrons. The molecule has 0 amide bonds. The van der Waals surface area contributed by atoms with Crippen molar-refractivity contribution in [2.45, 2.75) is 19.6 Å². The molecule has 0 aliphatic carbocycles. The summed E-state index contributed by atoms with van der Waals surface area (Å²) in [6, 6.07) is 4.02. The molecular weight excluding hydrogens is 431 g/mol. The Balaban J connectivity index is 0.00000225. The second kappa shape index (κ2) is 9.14. The largest absolute Gasteiger partial charge is 0.370 e. The molecule has 0 spiro atoms. The number of nitrogens with zero attached hydrogens (tertiary/aromatic N) is 5. The number of nitrogens with one attached hydrogen (secondary N) is 1. The first-order valence-corrected chi connectivity index (χ1v) is 8.13. The third kappa shape index (κ3) is 4.91. The lowest BCUT2D eigenvalue weighted by Gasteiger charge is -2.34. The van der Waals surface area contributed by atoms with Crippen molar-refractivity contribution in [3.05, 3.63) is 47.5 Å². The zero-order chi connectivity index (χ0) is 16.9. The lowest BCUT2D eigenvalue weighted by atomic mass is 10.1. The summed E-state index contributed by atoms with van der Waals surface area (Å²) in [5, 5.41) is 7.64. The Labute approximate surface area is 165 Å². The van der Waals surface area contributed by atoms with Crippen LogP contribution in [0.3, 0.4) is 0 Å². The maximum atomic E-state index is 5.89. The predicted octanol–water partition coefficient (Wildman–Crippen LogP) is 1.89. The predicted molar refractivity (Wildman–Crippen MR) is 108 cm³/mol. The molecular formula is C17H25IN6O. The Morgan fingerprint density at radius 2 is 2.32 bits per heavy atom. The van der Waals surface area contributed by atoms with E-state index < -0.39 is 0 Å². The molecule has 1 aliphatic rings. The minimum atomic E-state index is 0. The van der Waals surface area contributed by atoms with Crippen LogP contribution in [0.4, 0.5) is 0 Å². The minimum absolute atomic E-state index is 0. The molecule has 2 aromatic rings. The van der Waals surface area contributed by atoms with Gasteiger partial charge >= 0.3 is 0 Å². The van der Waals surface area contributed by atoms with Crippen molar-refractivity contribution in [3.8, 4) is 0 Å². The van der Waals surface area contributed by atoms with Crippen molar-refractivity contribution >= 4 is 29.9 Å². The monoisotopic (exact) mass is 456 g/mol. The normalized spacial score (nSPS) is 18.0. The molecule has 0 radical (unpaired) electrons. The topological polar surface area (TPSA) is 67.6 Å². The quantitative estimate of drug-likeness (QED) is 0.434. The number of guanidine groups is 1. The highest BCUT2D eigenvalue weighted by Crippen LogP contribution is 2.21. The summed E-state index contributed by atoms with van der Waals surface area (Å²) in [7, 11) is 3.72. The van der Waals surface area contributed by atoms with Crippen LogP contribution in [0.5, 0.6) is 0 Å². The van der Waals surface area contributed by atoms with E-state index in [-0.39, 0.29) is 30.1 Å². The number of aromatic nitrogens is 3. The van der Waals surface area contributed by atoms with Gasteiger partial charge in [0.1, 0.15) is 6.10 Å². The first-order valence-electron chi connectivity index (χ1n) is 8.13. The summed E-state index contributed by atoms with van der Waals surface area (Å²) in [5.74, 6) is 0.872. The average molecular weight is 456 g/mol. The van der Waals surface area contributed by atoms with E-state index in [0.717, 1.165) is 30.3 Å². The zero-order valence-corrected chi connectivity index (χ0v) is 17.2. The maximum Gasteiger partial charge on any atom is 0.194 e. The Hall–Kier alpha value is -1.68. The van der Waals surface area contributed by atoms with Crippen molar-refractivity contribution in [3.63, 3.8) is 0 Å². The molecule has 0 aromatic carbocycles. The SMILES string of the molecule is CN=C(NCc1ncccc1C)N1CCOC(c2cnn(C)c2)C1.I. The number of hydrogen-bond donors (Lipinski definition) is 1. The van der Waals surface area contributed by atoms with Crippen LogP contribution in [-0.4, -0.2) is 52.4 Å². The number of ether oxygens (including phenoxy) is 1. The van der Waals surface area contributed by atoms with Gasteiger partial charge in [-0.3, -0.25) is 14.7 Å².